The molecule has 2 aromatic rings. The van der Waals surface area contributed by atoms with Crippen molar-refractivity contribution in [2.24, 2.45) is 0 Å². The highest BCUT2D eigenvalue weighted by molar-refractivity contribution is 7.98. The summed E-state index contributed by atoms with van der Waals surface area (Å²) in [4.78, 5) is 6.17. The lowest BCUT2D eigenvalue weighted by Crippen LogP contribution is -2.09. The Balaban J connectivity index is 1.62. The van der Waals surface area contributed by atoms with Gasteiger partial charge in [0.2, 0.25) is 0 Å². The zero-order valence-corrected chi connectivity index (χ0v) is 13.4. The molecule has 7 nitrogen and oxygen atoms in total. The van der Waals surface area contributed by atoms with Crippen molar-refractivity contribution in [2.75, 3.05) is 44.1 Å². The maximum Gasteiger partial charge on any atom is 0.322 e. The maximum atomic E-state index is 5.75. The second-order valence-electron chi connectivity index (χ2n) is 4.76. The molecule has 2 aromatic heterocycles. The summed E-state index contributed by atoms with van der Waals surface area (Å²) in [6, 6.07) is 4.49. The van der Waals surface area contributed by atoms with E-state index < -0.39 is 0 Å². The number of furan rings is 1. The Morgan fingerprint density at radius 1 is 1.29 bits per heavy atom. The molecule has 0 fully saturated rings. The fraction of sp³-hybridized carbons (Fsp3) is 0.538. The molecule has 0 aromatic carbocycles. The van der Waals surface area contributed by atoms with Crippen molar-refractivity contribution in [2.45, 2.75) is 12.3 Å². The molecule has 0 radical (unpaired) electrons. The Morgan fingerprint density at radius 2 is 2.10 bits per heavy atom. The molecule has 0 bridgehead atoms. The first-order valence-electron chi connectivity index (χ1n) is 6.73. The van der Waals surface area contributed by atoms with Crippen LogP contribution in [0.5, 0.6) is 0 Å². The molecule has 2 N–H and O–H groups in total. The van der Waals surface area contributed by atoms with E-state index in [1.807, 2.05) is 26.2 Å². The van der Waals surface area contributed by atoms with Crippen LogP contribution in [-0.4, -0.2) is 48.5 Å². The number of anilines is 2. The molecule has 0 unspecified atom stereocenters. The van der Waals surface area contributed by atoms with Crippen molar-refractivity contribution in [3.63, 3.8) is 0 Å². The molecule has 0 aliphatic carbocycles. The highest BCUT2D eigenvalue weighted by Gasteiger charge is 2.05. The molecule has 0 atom stereocenters. The normalized spacial score (nSPS) is 11.0. The first-order valence-corrected chi connectivity index (χ1v) is 7.88. The molecule has 0 aliphatic heterocycles. The summed E-state index contributed by atoms with van der Waals surface area (Å²) in [6.45, 7) is 1.61. The number of thioether (sulfide) groups is 1. The maximum absolute atomic E-state index is 5.75. The molecule has 21 heavy (non-hydrogen) atoms. The summed E-state index contributed by atoms with van der Waals surface area (Å²) in [6.07, 6.45) is 0. The highest BCUT2D eigenvalue weighted by atomic mass is 32.2. The van der Waals surface area contributed by atoms with Crippen LogP contribution in [0.15, 0.2) is 21.1 Å². The minimum atomic E-state index is 0.411. The Hall–Kier alpha value is -1.67. The van der Waals surface area contributed by atoms with Crippen molar-refractivity contribution in [1.82, 2.24) is 15.0 Å². The Bertz CT molecular complexity index is 540. The Morgan fingerprint density at radius 3 is 2.81 bits per heavy atom. The highest BCUT2D eigenvalue weighted by Crippen LogP contribution is 2.16. The van der Waals surface area contributed by atoms with E-state index >= 15 is 0 Å². The van der Waals surface area contributed by atoms with Gasteiger partial charge in [-0.05, 0) is 31.4 Å². The average Bonchev–Trinajstić information content (AvgIpc) is 3.07. The van der Waals surface area contributed by atoms with E-state index in [4.69, 9.17) is 8.94 Å². The van der Waals surface area contributed by atoms with E-state index in [1.54, 1.807) is 18.8 Å². The van der Waals surface area contributed by atoms with Crippen LogP contribution in [0.4, 0.5) is 12.0 Å². The van der Waals surface area contributed by atoms with Crippen LogP contribution in [0.25, 0.3) is 0 Å². The van der Waals surface area contributed by atoms with Gasteiger partial charge < -0.3 is 24.5 Å². The molecule has 0 aliphatic rings. The standard InChI is InChI=1S/C13H21N5O2S/c1-14-13-16-12(17-20-13)15-6-7-21-9-11-5-4-10(19-11)8-18(2)3/h4-5H,6-9H2,1-3H3,(H2,14,15,16,17). The third-order valence-corrected chi connectivity index (χ3v) is 3.58. The minimum Gasteiger partial charge on any atom is -0.464 e. The van der Waals surface area contributed by atoms with Crippen LogP contribution < -0.4 is 10.6 Å². The van der Waals surface area contributed by atoms with Crippen LogP contribution in [0, 0.1) is 0 Å². The number of nitrogens with one attached hydrogen (secondary N) is 2. The van der Waals surface area contributed by atoms with Gasteiger partial charge in [0, 0.05) is 19.3 Å². The molecule has 8 heteroatoms. The smallest absolute Gasteiger partial charge is 0.322 e. The van der Waals surface area contributed by atoms with E-state index in [0.29, 0.717) is 12.0 Å². The summed E-state index contributed by atoms with van der Waals surface area (Å²) in [7, 11) is 5.79. The fourth-order valence-electron chi connectivity index (χ4n) is 1.70. The van der Waals surface area contributed by atoms with Gasteiger partial charge in [-0.2, -0.15) is 16.7 Å². The van der Waals surface area contributed by atoms with Crippen LogP contribution in [-0.2, 0) is 12.3 Å². The van der Waals surface area contributed by atoms with Gasteiger partial charge >= 0.3 is 6.01 Å². The molecule has 2 heterocycles. The fourth-order valence-corrected chi connectivity index (χ4v) is 2.45. The van der Waals surface area contributed by atoms with E-state index in [0.717, 1.165) is 36.1 Å². The SMILES string of the molecule is CNc1nc(NCCSCc2ccc(CN(C)C)o2)no1. The van der Waals surface area contributed by atoms with Crippen molar-refractivity contribution in [1.29, 1.82) is 0 Å². The lowest BCUT2D eigenvalue weighted by molar-refractivity contribution is 0.344. The van der Waals surface area contributed by atoms with Crippen molar-refractivity contribution in [3.05, 3.63) is 23.7 Å². The van der Waals surface area contributed by atoms with Gasteiger partial charge in [0.05, 0.1) is 12.3 Å². The molecule has 0 saturated heterocycles. The quantitative estimate of drug-likeness (QED) is 0.682. The second kappa shape index (κ2) is 7.94. The zero-order valence-electron chi connectivity index (χ0n) is 12.5. The first kappa shape index (κ1) is 15.7. The number of hydrogen-bond acceptors (Lipinski definition) is 8. The Kier molecular flexibility index (Phi) is 5.94. The van der Waals surface area contributed by atoms with Crippen LogP contribution in [0.3, 0.4) is 0 Å². The van der Waals surface area contributed by atoms with Gasteiger partial charge in [-0.1, -0.05) is 0 Å². The molecule has 0 amide bonds. The monoisotopic (exact) mass is 311 g/mol. The number of hydrogen-bond donors (Lipinski definition) is 2. The number of rotatable bonds is 9. The van der Waals surface area contributed by atoms with E-state index in [1.165, 1.54) is 0 Å². The van der Waals surface area contributed by atoms with Gasteiger partial charge in [0.15, 0.2) is 0 Å². The van der Waals surface area contributed by atoms with Crippen molar-refractivity contribution in [3.8, 4) is 0 Å². The summed E-state index contributed by atoms with van der Waals surface area (Å²) in [5.74, 6) is 4.32. The summed E-state index contributed by atoms with van der Waals surface area (Å²) in [5, 5.41) is 9.67. The van der Waals surface area contributed by atoms with E-state index in [9.17, 15) is 0 Å². The predicted molar refractivity (Wildman–Crippen MR) is 84.6 cm³/mol. The predicted octanol–water partition coefficient (Wildman–Crippen LogP) is 2.11. The van der Waals surface area contributed by atoms with Gasteiger partial charge in [0.1, 0.15) is 11.5 Å². The first-order chi connectivity index (χ1) is 10.2. The molecular formula is C13H21N5O2S. The third kappa shape index (κ3) is 5.31. The average molecular weight is 311 g/mol. The van der Waals surface area contributed by atoms with E-state index in [-0.39, 0.29) is 0 Å². The van der Waals surface area contributed by atoms with Crippen molar-refractivity contribution < 1.29 is 8.94 Å². The van der Waals surface area contributed by atoms with Crippen LogP contribution in [0.1, 0.15) is 11.5 Å². The molecule has 2 rings (SSSR count). The number of aromatic nitrogens is 2. The lowest BCUT2D eigenvalue weighted by Gasteiger charge is -2.05. The summed E-state index contributed by atoms with van der Waals surface area (Å²) < 4.78 is 10.7. The Labute approximate surface area is 128 Å². The van der Waals surface area contributed by atoms with E-state index in [2.05, 4.69) is 25.7 Å². The van der Waals surface area contributed by atoms with Gasteiger partial charge in [-0.25, -0.2) is 0 Å². The van der Waals surface area contributed by atoms with Gasteiger partial charge in [-0.3, -0.25) is 0 Å². The lowest BCUT2D eigenvalue weighted by atomic mass is 10.4. The van der Waals surface area contributed by atoms with Crippen LogP contribution in [0.2, 0.25) is 0 Å². The second-order valence-corrected chi connectivity index (χ2v) is 5.86. The molecule has 0 spiro atoms. The van der Waals surface area contributed by atoms with Gasteiger partial charge in [0.25, 0.3) is 5.95 Å². The molecular weight excluding hydrogens is 290 g/mol. The van der Waals surface area contributed by atoms with Crippen LogP contribution >= 0.6 is 11.8 Å². The molecule has 0 saturated carbocycles. The third-order valence-electron chi connectivity index (χ3n) is 2.60. The summed E-state index contributed by atoms with van der Waals surface area (Å²) in [5.41, 5.74) is 0. The summed E-state index contributed by atoms with van der Waals surface area (Å²) >= 11 is 1.80. The van der Waals surface area contributed by atoms with Gasteiger partial charge in [-0.15, -0.1) is 0 Å². The zero-order chi connectivity index (χ0) is 15.1. The number of nitrogens with zero attached hydrogens (tertiary/aromatic N) is 3. The largest absolute Gasteiger partial charge is 0.464 e. The minimum absolute atomic E-state index is 0.411. The van der Waals surface area contributed by atoms with Crippen molar-refractivity contribution >= 4 is 23.7 Å². The molecule has 116 valence electrons. The topological polar surface area (TPSA) is 79.4 Å².